The highest BCUT2D eigenvalue weighted by molar-refractivity contribution is 6.33. The maximum absolute atomic E-state index is 12.7. The first-order valence-corrected chi connectivity index (χ1v) is 9.79. The maximum Gasteiger partial charge on any atom is 0.330 e. The number of hydrogen-bond acceptors (Lipinski definition) is 7. The topological polar surface area (TPSA) is 103 Å². The summed E-state index contributed by atoms with van der Waals surface area (Å²) in [6, 6.07) is 3.72. The molecule has 5 rings (SSSR count). The van der Waals surface area contributed by atoms with E-state index in [1.807, 2.05) is 6.07 Å². The normalized spacial score (nSPS) is 20.8. The van der Waals surface area contributed by atoms with Crippen LogP contribution >= 0.6 is 11.6 Å². The van der Waals surface area contributed by atoms with Crippen LogP contribution in [0.1, 0.15) is 5.56 Å². The first-order valence-electron chi connectivity index (χ1n) is 9.41. The number of fused-ring (bicyclic) bond motifs is 2. The molecule has 0 bridgehead atoms. The molecule has 0 aliphatic carbocycles. The van der Waals surface area contributed by atoms with E-state index in [2.05, 4.69) is 15.3 Å². The monoisotopic (exact) mass is 417 g/mol. The molecule has 2 unspecified atom stereocenters. The number of aryl methyl sites for hydroxylation is 1. The maximum atomic E-state index is 12.7. The molecule has 1 saturated heterocycles. The van der Waals surface area contributed by atoms with E-state index in [4.69, 9.17) is 21.1 Å². The summed E-state index contributed by atoms with van der Waals surface area (Å²) >= 11 is 6.37. The third-order valence-corrected chi connectivity index (χ3v) is 5.80. The molecule has 1 fully saturated rings. The number of aliphatic hydroxyl groups is 1. The first kappa shape index (κ1) is 18.4. The predicted molar refractivity (Wildman–Crippen MR) is 107 cm³/mol. The molecule has 0 saturated carbocycles. The van der Waals surface area contributed by atoms with E-state index >= 15 is 0 Å². The number of aliphatic hydroxyl groups excluding tert-OH is 1. The Kier molecular flexibility index (Phi) is 4.45. The number of anilines is 2. The number of hydrogen-bond donors (Lipinski definition) is 2. The molecule has 2 atom stereocenters. The number of rotatable bonds is 4. The zero-order valence-corrected chi connectivity index (χ0v) is 16.5. The highest BCUT2D eigenvalue weighted by Crippen LogP contribution is 2.35. The van der Waals surface area contributed by atoms with Crippen molar-refractivity contribution in [2.45, 2.75) is 19.1 Å². The Bertz CT molecular complexity index is 1160. The van der Waals surface area contributed by atoms with Crippen LogP contribution in [0.2, 0.25) is 5.02 Å². The lowest BCUT2D eigenvalue weighted by Crippen LogP contribution is -2.30. The van der Waals surface area contributed by atoms with Gasteiger partial charge in [0.1, 0.15) is 11.3 Å². The van der Waals surface area contributed by atoms with Crippen molar-refractivity contribution in [1.82, 2.24) is 19.1 Å². The van der Waals surface area contributed by atoms with Gasteiger partial charge in [0.05, 0.1) is 42.8 Å². The molecule has 3 aromatic rings. The van der Waals surface area contributed by atoms with Crippen LogP contribution in [0.5, 0.6) is 5.75 Å². The molecular weight excluding hydrogens is 398 g/mol. The molecule has 2 aliphatic heterocycles. The fraction of sp³-hybridized carbons (Fsp3) is 0.421. The summed E-state index contributed by atoms with van der Waals surface area (Å²) in [5.41, 5.74) is 2.65. The predicted octanol–water partition coefficient (Wildman–Crippen LogP) is 1.47. The Labute approximate surface area is 170 Å². The van der Waals surface area contributed by atoms with E-state index < -0.39 is 6.10 Å². The van der Waals surface area contributed by atoms with Gasteiger partial charge in [-0.3, -0.25) is 9.13 Å². The number of nitrogens with zero attached hydrogens (tertiary/aromatic N) is 4. The van der Waals surface area contributed by atoms with Crippen molar-refractivity contribution in [1.29, 1.82) is 0 Å². The van der Waals surface area contributed by atoms with Crippen LogP contribution in [-0.4, -0.2) is 50.1 Å². The number of nitrogens with one attached hydrogen (secondary N) is 1. The largest absolute Gasteiger partial charge is 0.493 e. The molecule has 0 radical (unpaired) electrons. The van der Waals surface area contributed by atoms with Crippen LogP contribution in [-0.2, 0) is 24.8 Å². The molecule has 0 amide bonds. The second-order valence-electron chi connectivity index (χ2n) is 7.38. The average molecular weight is 418 g/mol. The summed E-state index contributed by atoms with van der Waals surface area (Å²) in [5, 5.41) is 13.7. The number of aromatic nitrogens is 4. The van der Waals surface area contributed by atoms with Crippen LogP contribution < -0.4 is 15.7 Å². The molecule has 9 nitrogen and oxygen atoms in total. The third-order valence-electron chi connectivity index (χ3n) is 5.49. The van der Waals surface area contributed by atoms with Gasteiger partial charge in [0.25, 0.3) is 0 Å². The van der Waals surface area contributed by atoms with E-state index in [9.17, 15) is 9.90 Å². The molecular formula is C19H20ClN5O4. The van der Waals surface area contributed by atoms with Gasteiger partial charge in [-0.25, -0.2) is 9.78 Å². The number of halogens is 1. The van der Waals surface area contributed by atoms with E-state index in [1.54, 1.807) is 23.9 Å². The van der Waals surface area contributed by atoms with Crippen LogP contribution in [0.4, 0.5) is 11.6 Å². The summed E-state index contributed by atoms with van der Waals surface area (Å²) in [4.78, 5) is 21.6. The third kappa shape index (κ3) is 3.15. The van der Waals surface area contributed by atoms with E-state index in [0.29, 0.717) is 47.6 Å². The van der Waals surface area contributed by atoms with Crippen molar-refractivity contribution < 1.29 is 14.6 Å². The zero-order valence-electron chi connectivity index (χ0n) is 15.8. The van der Waals surface area contributed by atoms with Crippen molar-refractivity contribution in [2.75, 3.05) is 25.1 Å². The summed E-state index contributed by atoms with van der Waals surface area (Å²) in [6.45, 7) is 1.66. The standard InChI is InChI=1S/C19H20ClN5O4/c1-24-14-6-21-18(22-13-4-10-2-3-29-16(10)5-12(13)20)23-17(14)25(19(24)27)7-11-8-28-9-15(11)26/h4-6,11,15,26H,2-3,7-9H2,1H3,(H,21,22,23). The fourth-order valence-electron chi connectivity index (χ4n) is 3.81. The van der Waals surface area contributed by atoms with Crippen molar-refractivity contribution in [3.05, 3.63) is 39.4 Å². The molecule has 1 aromatic carbocycles. The Morgan fingerprint density at radius 1 is 1.38 bits per heavy atom. The second-order valence-corrected chi connectivity index (χ2v) is 7.79. The van der Waals surface area contributed by atoms with Crippen LogP contribution in [0, 0.1) is 5.92 Å². The molecule has 152 valence electrons. The quantitative estimate of drug-likeness (QED) is 0.662. The molecule has 4 heterocycles. The summed E-state index contributed by atoms with van der Waals surface area (Å²) < 4.78 is 13.9. The highest BCUT2D eigenvalue weighted by atomic mass is 35.5. The Morgan fingerprint density at radius 3 is 3.03 bits per heavy atom. The number of ether oxygens (including phenoxy) is 2. The van der Waals surface area contributed by atoms with E-state index in [1.165, 1.54) is 4.57 Å². The van der Waals surface area contributed by atoms with Gasteiger partial charge in [0.2, 0.25) is 5.95 Å². The lowest BCUT2D eigenvalue weighted by atomic mass is 10.1. The van der Waals surface area contributed by atoms with Crippen LogP contribution in [0.15, 0.2) is 23.1 Å². The average Bonchev–Trinajstić information content (AvgIpc) is 3.38. The minimum absolute atomic E-state index is 0.157. The lowest BCUT2D eigenvalue weighted by Gasteiger charge is -2.13. The van der Waals surface area contributed by atoms with Crippen molar-refractivity contribution in [2.24, 2.45) is 13.0 Å². The van der Waals surface area contributed by atoms with E-state index in [0.717, 1.165) is 17.7 Å². The molecule has 2 aromatic heterocycles. The first-order chi connectivity index (χ1) is 14.0. The van der Waals surface area contributed by atoms with E-state index in [-0.39, 0.29) is 18.2 Å². The minimum Gasteiger partial charge on any atom is -0.493 e. The summed E-state index contributed by atoms with van der Waals surface area (Å²) in [5.74, 6) is 0.975. The Hall–Kier alpha value is -2.62. The lowest BCUT2D eigenvalue weighted by molar-refractivity contribution is 0.115. The van der Waals surface area contributed by atoms with Gasteiger partial charge in [0, 0.05) is 32.0 Å². The van der Waals surface area contributed by atoms with Crippen LogP contribution in [0.25, 0.3) is 11.2 Å². The summed E-state index contributed by atoms with van der Waals surface area (Å²) in [6.07, 6.45) is 1.84. The number of benzene rings is 1. The minimum atomic E-state index is -0.593. The smallest absolute Gasteiger partial charge is 0.330 e. The van der Waals surface area contributed by atoms with Gasteiger partial charge in [-0.15, -0.1) is 0 Å². The Morgan fingerprint density at radius 2 is 2.24 bits per heavy atom. The Balaban J connectivity index is 1.51. The van der Waals surface area contributed by atoms with Gasteiger partial charge in [-0.2, -0.15) is 4.98 Å². The number of imidazole rings is 1. The highest BCUT2D eigenvalue weighted by Gasteiger charge is 2.28. The van der Waals surface area contributed by atoms with Gasteiger partial charge in [-0.1, -0.05) is 11.6 Å². The molecule has 0 spiro atoms. The summed E-state index contributed by atoms with van der Waals surface area (Å²) in [7, 11) is 1.68. The fourth-order valence-corrected chi connectivity index (χ4v) is 4.02. The zero-order chi connectivity index (χ0) is 20.1. The van der Waals surface area contributed by atoms with Gasteiger partial charge in [-0.05, 0) is 11.6 Å². The van der Waals surface area contributed by atoms with Crippen molar-refractivity contribution in [3.8, 4) is 5.75 Å². The molecule has 2 aliphatic rings. The van der Waals surface area contributed by atoms with Gasteiger partial charge < -0.3 is 19.9 Å². The van der Waals surface area contributed by atoms with Gasteiger partial charge in [0.15, 0.2) is 5.65 Å². The van der Waals surface area contributed by atoms with Crippen molar-refractivity contribution >= 4 is 34.4 Å². The SMILES string of the molecule is Cn1c(=O)n(CC2COCC2O)c2nc(Nc3cc4c(cc3Cl)OCC4)ncc21. The van der Waals surface area contributed by atoms with Crippen molar-refractivity contribution in [3.63, 3.8) is 0 Å². The molecule has 2 N–H and O–H groups in total. The molecule has 29 heavy (non-hydrogen) atoms. The van der Waals surface area contributed by atoms with Crippen LogP contribution in [0.3, 0.4) is 0 Å². The molecule has 10 heteroatoms. The second kappa shape index (κ2) is 7.01. The van der Waals surface area contributed by atoms with Gasteiger partial charge >= 0.3 is 5.69 Å².